The van der Waals surface area contributed by atoms with Crippen molar-refractivity contribution in [2.45, 2.75) is 20.3 Å². The molecule has 2 aromatic rings. The van der Waals surface area contributed by atoms with Crippen LogP contribution in [-0.2, 0) is 6.42 Å². The number of carbonyl (C=O) groups is 1. The van der Waals surface area contributed by atoms with E-state index < -0.39 is 5.97 Å². The highest BCUT2D eigenvalue weighted by Crippen LogP contribution is 2.25. The Balaban J connectivity index is 2.45. The first-order valence-corrected chi connectivity index (χ1v) is 6.34. The molecule has 0 bridgehead atoms. The van der Waals surface area contributed by atoms with Gasteiger partial charge in [0, 0.05) is 10.6 Å². The molecule has 5 heteroatoms. The van der Waals surface area contributed by atoms with E-state index >= 15 is 0 Å². The lowest BCUT2D eigenvalue weighted by molar-refractivity contribution is 0.0661. The fourth-order valence-electron chi connectivity index (χ4n) is 1.79. The third-order valence-electron chi connectivity index (χ3n) is 2.56. The van der Waals surface area contributed by atoms with E-state index in [1.54, 1.807) is 24.3 Å². The number of oxazole rings is 1. The Morgan fingerprint density at radius 2 is 2.21 bits per heavy atom. The molecule has 1 aromatic carbocycles. The molecule has 0 atom stereocenters. The molecule has 1 N–H and O–H groups in total. The molecule has 0 amide bonds. The van der Waals surface area contributed by atoms with Crippen LogP contribution >= 0.6 is 11.6 Å². The predicted molar refractivity (Wildman–Crippen MR) is 72.5 cm³/mol. The summed E-state index contributed by atoms with van der Waals surface area (Å²) in [6.07, 6.45) is 0.561. The number of hydrogen-bond acceptors (Lipinski definition) is 3. The molecule has 2 rings (SSSR count). The van der Waals surface area contributed by atoms with Crippen LogP contribution in [0.25, 0.3) is 11.5 Å². The van der Waals surface area contributed by atoms with E-state index in [9.17, 15) is 4.79 Å². The lowest BCUT2D eigenvalue weighted by atomic mass is 10.1. The van der Waals surface area contributed by atoms with Crippen molar-refractivity contribution < 1.29 is 14.3 Å². The topological polar surface area (TPSA) is 63.3 Å². The van der Waals surface area contributed by atoms with Crippen molar-refractivity contribution in [1.82, 2.24) is 4.98 Å². The Morgan fingerprint density at radius 1 is 1.47 bits per heavy atom. The molecule has 19 heavy (non-hydrogen) atoms. The lowest BCUT2D eigenvalue weighted by Gasteiger charge is -2.00. The second-order valence-electron chi connectivity index (χ2n) is 4.71. The number of aromatic nitrogens is 1. The average molecular weight is 280 g/mol. The van der Waals surface area contributed by atoms with Crippen molar-refractivity contribution in [2.24, 2.45) is 5.92 Å². The normalized spacial score (nSPS) is 10.9. The molecular formula is C14H14ClNO3. The molecule has 4 nitrogen and oxygen atoms in total. The van der Waals surface area contributed by atoms with Crippen LogP contribution < -0.4 is 0 Å². The zero-order chi connectivity index (χ0) is 14.0. The number of nitrogens with zero attached hydrogens (tertiary/aromatic N) is 1. The summed E-state index contributed by atoms with van der Waals surface area (Å²) in [5, 5.41) is 9.69. The summed E-state index contributed by atoms with van der Waals surface area (Å²) < 4.78 is 5.35. The fraction of sp³-hybridized carbons (Fsp3) is 0.286. The zero-order valence-electron chi connectivity index (χ0n) is 10.7. The number of benzene rings is 1. The van der Waals surface area contributed by atoms with E-state index in [1.807, 2.05) is 13.8 Å². The van der Waals surface area contributed by atoms with Gasteiger partial charge in [0.2, 0.25) is 11.7 Å². The summed E-state index contributed by atoms with van der Waals surface area (Å²) in [6, 6.07) is 6.98. The molecule has 0 aliphatic heterocycles. The van der Waals surface area contributed by atoms with Crippen molar-refractivity contribution in [3.63, 3.8) is 0 Å². The predicted octanol–water partition coefficient (Wildman–Crippen LogP) is 3.89. The standard InChI is InChI=1S/C14H14ClNO3/c1-8(2)6-11-12(14(17)18)19-13(16-11)9-4-3-5-10(15)7-9/h3-5,7-8H,6H2,1-2H3,(H,17,18). The van der Waals surface area contributed by atoms with Crippen LogP contribution in [0, 0.1) is 5.92 Å². The highest BCUT2D eigenvalue weighted by atomic mass is 35.5. The van der Waals surface area contributed by atoms with Crippen LogP contribution in [0.1, 0.15) is 30.1 Å². The van der Waals surface area contributed by atoms with Gasteiger partial charge in [-0.1, -0.05) is 31.5 Å². The second kappa shape index (κ2) is 5.45. The Hall–Kier alpha value is -1.81. The van der Waals surface area contributed by atoms with E-state index in [0.717, 1.165) is 0 Å². The first-order chi connectivity index (χ1) is 8.97. The Labute approximate surface area is 116 Å². The number of carboxylic acids is 1. The molecule has 100 valence electrons. The number of rotatable bonds is 4. The minimum absolute atomic E-state index is 0.0938. The largest absolute Gasteiger partial charge is 0.475 e. The van der Waals surface area contributed by atoms with Gasteiger partial charge in [-0.05, 0) is 30.5 Å². The molecule has 0 radical (unpaired) electrons. The number of carboxylic acid groups (broad SMARTS) is 1. The number of halogens is 1. The maximum Gasteiger partial charge on any atom is 0.373 e. The quantitative estimate of drug-likeness (QED) is 0.922. The second-order valence-corrected chi connectivity index (χ2v) is 5.14. The van der Waals surface area contributed by atoms with Gasteiger partial charge in [0.25, 0.3) is 0 Å². The van der Waals surface area contributed by atoms with Crippen LogP contribution in [0.4, 0.5) is 0 Å². The summed E-state index contributed by atoms with van der Waals surface area (Å²) in [5.74, 6) is -0.605. The summed E-state index contributed by atoms with van der Waals surface area (Å²) in [5.41, 5.74) is 1.14. The molecule has 0 fully saturated rings. The Kier molecular flexibility index (Phi) is 3.90. The van der Waals surface area contributed by atoms with Crippen LogP contribution in [0.3, 0.4) is 0 Å². The molecule has 0 unspecified atom stereocenters. The molecule has 0 aliphatic carbocycles. The van der Waals surface area contributed by atoms with Gasteiger partial charge in [-0.15, -0.1) is 0 Å². The van der Waals surface area contributed by atoms with Crippen LogP contribution in [0.15, 0.2) is 28.7 Å². The molecule has 0 aliphatic rings. The summed E-state index contributed by atoms with van der Waals surface area (Å²) in [4.78, 5) is 15.4. The summed E-state index contributed by atoms with van der Waals surface area (Å²) >= 11 is 5.90. The molecular weight excluding hydrogens is 266 g/mol. The van der Waals surface area contributed by atoms with E-state index in [1.165, 1.54) is 0 Å². The van der Waals surface area contributed by atoms with Gasteiger partial charge in [-0.3, -0.25) is 0 Å². The number of aromatic carboxylic acids is 1. The van der Waals surface area contributed by atoms with E-state index in [-0.39, 0.29) is 11.7 Å². The van der Waals surface area contributed by atoms with Gasteiger partial charge >= 0.3 is 5.97 Å². The first kappa shape index (κ1) is 13.6. The smallest absolute Gasteiger partial charge is 0.373 e. The van der Waals surface area contributed by atoms with Crippen molar-refractivity contribution in [2.75, 3.05) is 0 Å². The van der Waals surface area contributed by atoms with Crippen LogP contribution in [0.2, 0.25) is 5.02 Å². The van der Waals surface area contributed by atoms with Gasteiger partial charge in [-0.2, -0.15) is 0 Å². The minimum atomic E-state index is -1.10. The fourth-order valence-corrected chi connectivity index (χ4v) is 1.98. The van der Waals surface area contributed by atoms with Crippen molar-refractivity contribution in [3.05, 3.63) is 40.7 Å². The molecule has 0 saturated carbocycles. The van der Waals surface area contributed by atoms with E-state index in [0.29, 0.717) is 28.6 Å². The van der Waals surface area contributed by atoms with Gasteiger partial charge in [0.15, 0.2) is 0 Å². The van der Waals surface area contributed by atoms with Crippen LogP contribution in [-0.4, -0.2) is 16.1 Å². The maximum atomic E-state index is 11.2. The minimum Gasteiger partial charge on any atom is -0.475 e. The van der Waals surface area contributed by atoms with Crippen molar-refractivity contribution in [3.8, 4) is 11.5 Å². The molecule has 0 saturated heterocycles. The third-order valence-corrected chi connectivity index (χ3v) is 2.80. The van der Waals surface area contributed by atoms with Crippen molar-refractivity contribution >= 4 is 17.6 Å². The monoisotopic (exact) mass is 279 g/mol. The zero-order valence-corrected chi connectivity index (χ0v) is 11.4. The first-order valence-electron chi connectivity index (χ1n) is 5.96. The van der Waals surface area contributed by atoms with Gasteiger partial charge < -0.3 is 9.52 Å². The molecule has 1 aromatic heterocycles. The van der Waals surface area contributed by atoms with Gasteiger partial charge in [0.1, 0.15) is 0 Å². The average Bonchev–Trinajstić information content (AvgIpc) is 2.72. The highest BCUT2D eigenvalue weighted by Gasteiger charge is 2.21. The Morgan fingerprint density at radius 3 is 2.79 bits per heavy atom. The Bertz CT molecular complexity index is 604. The SMILES string of the molecule is CC(C)Cc1nc(-c2cccc(Cl)c2)oc1C(=O)O. The highest BCUT2D eigenvalue weighted by molar-refractivity contribution is 6.30. The van der Waals surface area contributed by atoms with Gasteiger partial charge in [-0.25, -0.2) is 9.78 Å². The lowest BCUT2D eigenvalue weighted by Crippen LogP contribution is -2.03. The summed E-state index contributed by atoms with van der Waals surface area (Å²) in [6.45, 7) is 4.00. The van der Waals surface area contributed by atoms with Crippen molar-refractivity contribution in [1.29, 1.82) is 0 Å². The summed E-state index contributed by atoms with van der Waals surface area (Å²) in [7, 11) is 0. The van der Waals surface area contributed by atoms with Gasteiger partial charge in [0.05, 0.1) is 5.69 Å². The third kappa shape index (κ3) is 3.15. The van der Waals surface area contributed by atoms with Crippen LogP contribution in [0.5, 0.6) is 0 Å². The number of hydrogen-bond donors (Lipinski definition) is 1. The molecule has 1 heterocycles. The molecule has 0 spiro atoms. The maximum absolute atomic E-state index is 11.2. The van der Waals surface area contributed by atoms with E-state index in [2.05, 4.69) is 4.98 Å². The van der Waals surface area contributed by atoms with E-state index in [4.69, 9.17) is 21.1 Å².